The number of nitriles is 2. The maximum absolute atomic E-state index is 8.26. The molecule has 0 saturated heterocycles. The van der Waals surface area contributed by atoms with Gasteiger partial charge in [-0.15, -0.1) is 10.4 Å². The van der Waals surface area contributed by atoms with Crippen molar-refractivity contribution in [2.45, 2.75) is 0 Å². The summed E-state index contributed by atoms with van der Waals surface area (Å²) in [6, 6.07) is 34.3. The molecule has 0 atom stereocenters. The first-order valence-electron chi connectivity index (χ1n) is 17.1. The molecular weight excluding hydrogens is 927 g/mol. The molecule has 0 radical (unpaired) electrons. The van der Waals surface area contributed by atoms with Crippen molar-refractivity contribution in [1.82, 2.24) is 112 Å². The molecule has 0 aliphatic rings. The molecule has 64 heavy (non-hydrogen) atoms. The summed E-state index contributed by atoms with van der Waals surface area (Å²) in [5.41, 5.74) is 0. The van der Waals surface area contributed by atoms with E-state index in [0.717, 1.165) is 9.36 Å². The maximum atomic E-state index is 8.26. The molecule has 0 aromatic carbocycles. The van der Waals surface area contributed by atoms with Crippen molar-refractivity contribution >= 4 is 11.9 Å². The minimum absolute atomic E-state index is 0. The summed E-state index contributed by atoms with van der Waals surface area (Å²) in [5.74, 6) is 0.104. The smallest absolute Gasteiger partial charge is 0.333 e. The first-order valence-corrected chi connectivity index (χ1v) is 17.1. The summed E-state index contributed by atoms with van der Waals surface area (Å²) < 4.78 is 2.09. The first kappa shape index (κ1) is 53.0. The van der Waals surface area contributed by atoms with Crippen LogP contribution in [0.2, 0.25) is 0 Å². The molecule has 10 heterocycles. The number of aromatic nitrogens is 22. The van der Waals surface area contributed by atoms with Crippen molar-refractivity contribution in [3.8, 4) is 24.3 Å². The first-order chi connectivity index (χ1) is 30.8. The molecule has 10 aromatic heterocycles. The van der Waals surface area contributed by atoms with Crippen molar-refractivity contribution in [3.05, 3.63) is 194 Å². The second-order valence-electron chi connectivity index (χ2n) is 9.71. The Morgan fingerprint density at radius 2 is 0.609 bits per heavy atom. The molecule has 0 N–H and O–H groups in total. The summed E-state index contributed by atoms with van der Waals surface area (Å²) in [4.78, 5) is 22.7. The van der Waals surface area contributed by atoms with Crippen LogP contribution in [0.1, 0.15) is 0 Å². The van der Waals surface area contributed by atoms with Crippen molar-refractivity contribution in [1.29, 1.82) is 10.5 Å². The van der Waals surface area contributed by atoms with Crippen LogP contribution in [0.3, 0.4) is 0 Å². The molecule has 308 valence electrons. The van der Waals surface area contributed by atoms with Crippen molar-refractivity contribution in [2.75, 3.05) is 0 Å². The van der Waals surface area contributed by atoms with Gasteiger partial charge in [-0.2, -0.15) is 10.4 Å². The van der Waals surface area contributed by atoms with Crippen LogP contribution < -0.4 is 10.2 Å². The minimum Gasteiger partial charge on any atom is -0.333 e. The third-order valence-corrected chi connectivity index (χ3v) is 5.60. The van der Waals surface area contributed by atoms with Crippen molar-refractivity contribution in [2.24, 2.45) is 0 Å². The molecule has 0 saturated carbocycles. The van der Waals surface area contributed by atoms with Gasteiger partial charge in [-0.1, -0.05) is 57.3 Å². The third kappa shape index (κ3) is 25.5. The monoisotopic (exact) mass is 954 g/mol. The Labute approximate surface area is 389 Å². The van der Waals surface area contributed by atoms with Crippen LogP contribution in [0.15, 0.2) is 184 Å². The standard InChI is InChI=1S/6C5H5N.2C3N10.2Zn/c6*1-2-4-6-5-3-1;2*4-1-5-2-6-11-12-13(2)3-7-9-10-8-3;;/h6*1-5H;;;;/q;;;;;;2*-2;2*+2. The van der Waals surface area contributed by atoms with Gasteiger partial charge in [0.1, 0.15) is 23.8 Å². The molecule has 28 heteroatoms. The number of tetrazole rings is 4. The molecule has 10 aromatic rings. The van der Waals surface area contributed by atoms with E-state index in [-0.39, 0.29) is 62.7 Å². The van der Waals surface area contributed by atoms with Gasteiger partial charge in [0.15, 0.2) is 0 Å². The van der Waals surface area contributed by atoms with Crippen LogP contribution in [0.4, 0.5) is 11.9 Å². The molecule has 0 unspecified atom stereocenters. The fourth-order valence-corrected chi connectivity index (χ4v) is 3.18. The van der Waals surface area contributed by atoms with E-state index in [1.165, 1.54) is 12.4 Å². The summed E-state index contributed by atoms with van der Waals surface area (Å²) in [6.07, 6.45) is 24.1. The largest absolute Gasteiger partial charge is 2.00 e. The van der Waals surface area contributed by atoms with E-state index in [1.54, 1.807) is 74.4 Å². The number of nitrogens with zero attached hydrogens (tertiary/aromatic N) is 26. The van der Waals surface area contributed by atoms with E-state index < -0.39 is 0 Å². The normalized spacial score (nSPS) is 8.34. The average Bonchev–Trinajstić information content (AvgIpc) is 4.24. The Bertz CT molecular complexity index is 2010. The van der Waals surface area contributed by atoms with Crippen LogP contribution in [0.5, 0.6) is 0 Å². The van der Waals surface area contributed by atoms with Crippen LogP contribution >= 0.6 is 0 Å². The fraction of sp³-hybridized carbons (Fsp3) is 0. The second-order valence-corrected chi connectivity index (χ2v) is 9.71. The van der Waals surface area contributed by atoms with Gasteiger partial charge in [0.05, 0.1) is 12.4 Å². The molecular formula is C36H30N26Zn2. The summed E-state index contributed by atoms with van der Waals surface area (Å²) >= 11 is 0. The molecule has 0 amide bonds. The Morgan fingerprint density at radius 3 is 0.766 bits per heavy atom. The molecule has 0 bridgehead atoms. The molecule has 0 aliphatic carbocycles. The van der Waals surface area contributed by atoms with E-state index >= 15 is 0 Å². The summed E-state index contributed by atoms with van der Waals surface area (Å²) in [6.45, 7) is 0. The van der Waals surface area contributed by atoms with Gasteiger partial charge in [0.2, 0.25) is 0 Å². The summed E-state index contributed by atoms with van der Waals surface area (Å²) in [5, 5.41) is 70.4. The number of hydrogen-bond donors (Lipinski definition) is 0. The Morgan fingerprint density at radius 1 is 0.359 bits per heavy atom. The summed E-state index contributed by atoms with van der Waals surface area (Å²) in [7, 11) is 0. The van der Waals surface area contributed by atoms with E-state index in [2.05, 4.69) is 113 Å². The van der Waals surface area contributed by atoms with Gasteiger partial charge in [0.25, 0.3) is 0 Å². The zero-order valence-corrected chi connectivity index (χ0v) is 39.3. The average molecular weight is 958 g/mol. The van der Waals surface area contributed by atoms with Gasteiger partial charge < -0.3 is 10.5 Å². The van der Waals surface area contributed by atoms with E-state index in [1.807, 2.05) is 109 Å². The van der Waals surface area contributed by atoms with Crippen LogP contribution in [0.25, 0.3) is 22.5 Å². The molecule has 0 fully saturated rings. The second kappa shape index (κ2) is 38.2. The third-order valence-electron chi connectivity index (χ3n) is 5.60. The Hall–Kier alpha value is -8.99. The van der Waals surface area contributed by atoms with E-state index in [4.69, 9.17) is 10.5 Å². The van der Waals surface area contributed by atoms with Crippen LogP contribution in [-0.2, 0) is 39.0 Å². The quantitative estimate of drug-likeness (QED) is 0.181. The molecule has 0 aliphatic heterocycles. The number of pyridine rings is 6. The molecule has 26 nitrogen and oxygen atoms in total. The van der Waals surface area contributed by atoms with Crippen LogP contribution in [-0.4, -0.2) is 101 Å². The van der Waals surface area contributed by atoms with Gasteiger partial charge in [-0.3, -0.25) is 50.7 Å². The topological polar surface area (TPSA) is 346 Å². The van der Waals surface area contributed by atoms with E-state index in [0.29, 0.717) is 0 Å². The predicted octanol–water partition coefficient (Wildman–Crippen LogP) is 3.07. The van der Waals surface area contributed by atoms with Crippen molar-refractivity contribution < 1.29 is 39.0 Å². The van der Waals surface area contributed by atoms with Crippen LogP contribution in [0, 0.1) is 22.9 Å². The van der Waals surface area contributed by atoms with Gasteiger partial charge in [-0.25, -0.2) is 29.8 Å². The van der Waals surface area contributed by atoms with Gasteiger partial charge >= 0.3 is 39.0 Å². The Kier molecular flexibility index (Phi) is 31.7. The zero-order valence-electron chi connectivity index (χ0n) is 33.4. The number of hydrogen-bond acceptors (Lipinski definition) is 20. The van der Waals surface area contributed by atoms with Gasteiger partial charge in [-0.05, 0) is 72.8 Å². The van der Waals surface area contributed by atoms with E-state index in [9.17, 15) is 0 Å². The molecule has 10 rings (SSSR count). The van der Waals surface area contributed by atoms with Gasteiger partial charge in [0, 0.05) is 74.4 Å². The number of rotatable bonds is 4. The molecule has 0 spiro atoms. The zero-order chi connectivity index (χ0) is 43.6. The fourth-order valence-electron chi connectivity index (χ4n) is 3.18. The van der Waals surface area contributed by atoms with Crippen molar-refractivity contribution in [3.63, 3.8) is 0 Å². The maximum Gasteiger partial charge on any atom is 2.00 e. The minimum atomic E-state index is -0.0164. The predicted molar refractivity (Wildman–Crippen MR) is 214 cm³/mol. The SMILES string of the molecule is N#C[N-]c1nnnn1-c1nnn[n-]1.N#C[N-]c1nnnn1-c1nnn[n-]1.[Zn+2].[Zn+2].c1ccncc1.c1ccncc1.c1ccncc1.c1ccncc1.c1ccncc1.c1ccncc1. The Balaban J connectivity index is 0.000000374.